The molecule has 20 heavy (non-hydrogen) atoms. The second kappa shape index (κ2) is 7.55. The van der Waals surface area contributed by atoms with E-state index in [1.54, 1.807) is 6.07 Å². The fourth-order valence-electron chi connectivity index (χ4n) is 2.28. The Bertz CT molecular complexity index is 470. The maximum atomic E-state index is 12.9. The summed E-state index contributed by atoms with van der Waals surface area (Å²) in [6.45, 7) is 2.56. The van der Waals surface area contributed by atoms with Crippen LogP contribution in [-0.2, 0) is 11.2 Å². The minimum Gasteiger partial charge on any atom is -0.354 e. The fourth-order valence-corrected chi connectivity index (χ4v) is 2.28. The van der Waals surface area contributed by atoms with Gasteiger partial charge in [0.2, 0.25) is 5.91 Å². The Morgan fingerprint density at radius 3 is 2.85 bits per heavy atom. The third kappa shape index (κ3) is 4.42. The van der Waals surface area contributed by atoms with Crippen LogP contribution in [0.1, 0.15) is 17.5 Å². The summed E-state index contributed by atoms with van der Waals surface area (Å²) in [5, 5.41) is 5.61. The van der Waals surface area contributed by atoms with Gasteiger partial charge in [-0.25, -0.2) is 8.78 Å². The van der Waals surface area contributed by atoms with Gasteiger partial charge in [-0.3, -0.25) is 4.79 Å². The Morgan fingerprint density at radius 2 is 2.25 bits per heavy atom. The van der Waals surface area contributed by atoms with E-state index in [4.69, 9.17) is 0 Å². The predicted molar refractivity (Wildman–Crippen MR) is 76.4 cm³/mol. The van der Waals surface area contributed by atoms with Gasteiger partial charge in [-0.2, -0.15) is 0 Å². The number of aryl methyl sites for hydroxylation is 1. The second-order valence-electron chi connectivity index (χ2n) is 4.91. The average molecular weight is 305 g/mol. The summed E-state index contributed by atoms with van der Waals surface area (Å²) in [4.78, 5) is 11.7. The van der Waals surface area contributed by atoms with E-state index in [0.29, 0.717) is 13.0 Å². The van der Waals surface area contributed by atoms with Gasteiger partial charge >= 0.3 is 0 Å². The van der Waals surface area contributed by atoms with Gasteiger partial charge in [-0.1, -0.05) is 6.07 Å². The number of carbonyl (C=O) groups excluding carboxylic acids is 1. The summed E-state index contributed by atoms with van der Waals surface area (Å²) in [7, 11) is 0. The molecule has 6 heteroatoms. The van der Waals surface area contributed by atoms with Crippen molar-refractivity contribution < 1.29 is 13.6 Å². The summed E-state index contributed by atoms with van der Waals surface area (Å²) < 4.78 is 25.9. The first-order valence-corrected chi connectivity index (χ1v) is 6.46. The molecule has 1 heterocycles. The zero-order valence-electron chi connectivity index (χ0n) is 11.3. The van der Waals surface area contributed by atoms with Crippen molar-refractivity contribution in [3.63, 3.8) is 0 Å². The summed E-state index contributed by atoms with van der Waals surface area (Å²) >= 11 is 0. The molecule has 0 aromatic heterocycles. The van der Waals surface area contributed by atoms with Crippen LogP contribution in [0.5, 0.6) is 0 Å². The maximum Gasteiger partial charge on any atom is 0.237 e. The molecule has 1 saturated heterocycles. The molecule has 1 aromatic carbocycles. The SMILES string of the molecule is Cc1cc(F)ccc1CCNC(=O)[C@H]1C[C@H](F)CN1.Cl. The minimum atomic E-state index is -0.935. The molecule has 1 amide bonds. The smallest absolute Gasteiger partial charge is 0.237 e. The number of rotatable bonds is 4. The summed E-state index contributed by atoms with van der Waals surface area (Å²) in [6.07, 6.45) is -0.0551. The lowest BCUT2D eigenvalue weighted by molar-refractivity contribution is -0.122. The van der Waals surface area contributed by atoms with E-state index in [9.17, 15) is 13.6 Å². The zero-order chi connectivity index (χ0) is 13.8. The first-order valence-electron chi connectivity index (χ1n) is 6.46. The van der Waals surface area contributed by atoms with E-state index in [1.165, 1.54) is 12.1 Å². The number of halogens is 3. The van der Waals surface area contributed by atoms with Gasteiger partial charge in [0, 0.05) is 19.5 Å². The van der Waals surface area contributed by atoms with Crippen molar-refractivity contribution in [2.75, 3.05) is 13.1 Å². The van der Waals surface area contributed by atoms with Crippen molar-refractivity contribution in [3.05, 3.63) is 35.1 Å². The molecule has 0 spiro atoms. The molecule has 2 rings (SSSR count). The molecular weight excluding hydrogens is 286 g/mol. The van der Waals surface area contributed by atoms with Gasteiger partial charge < -0.3 is 10.6 Å². The van der Waals surface area contributed by atoms with Crippen molar-refractivity contribution >= 4 is 18.3 Å². The molecule has 0 aliphatic carbocycles. The van der Waals surface area contributed by atoms with Crippen molar-refractivity contribution in [1.82, 2.24) is 10.6 Å². The van der Waals surface area contributed by atoms with Crippen molar-refractivity contribution in [3.8, 4) is 0 Å². The third-order valence-corrected chi connectivity index (χ3v) is 3.39. The molecule has 112 valence electrons. The lowest BCUT2D eigenvalue weighted by Gasteiger charge is -2.11. The molecule has 2 atom stereocenters. The quantitative estimate of drug-likeness (QED) is 0.892. The highest BCUT2D eigenvalue weighted by molar-refractivity contribution is 5.85. The zero-order valence-corrected chi connectivity index (χ0v) is 12.1. The van der Waals surface area contributed by atoms with Crippen LogP contribution in [0, 0.1) is 12.7 Å². The number of hydrogen-bond acceptors (Lipinski definition) is 2. The summed E-state index contributed by atoms with van der Waals surface area (Å²) in [6, 6.07) is 4.19. The molecule has 0 radical (unpaired) electrons. The standard InChI is InChI=1S/C14H18F2N2O.ClH/c1-9-6-11(15)3-2-10(9)4-5-17-14(19)13-7-12(16)8-18-13;/h2-3,6,12-13,18H,4-5,7-8H2,1H3,(H,17,19);1H/t12-,13+;/m0./s1. The maximum absolute atomic E-state index is 12.9. The van der Waals surface area contributed by atoms with Crippen LogP contribution in [0.25, 0.3) is 0 Å². The molecule has 0 saturated carbocycles. The van der Waals surface area contributed by atoms with E-state index in [2.05, 4.69) is 10.6 Å². The fraction of sp³-hybridized carbons (Fsp3) is 0.500. The molecule has 0 unspecified atom stereocenters. The third-order valence-electron chi connectivity index (χ3n) is 3.39. The van der Waals surface area contributed by atoms with Gasteiger partial charge in [0.05, 0.1) is 6.04 Å². The number of alkyl halides is 1. The Kier molecular flexibility index (Phi) is 6.36. The van der Waals surface area contributed by atoms with Gasteiger partial charge in [0.1, 0.15) is 12.0 Å². The molecule has 0 bridgehead atoms. The monoisotopic (exact) mass is 304 g/mol. The molecule has 3 nitrogen and oxygen atoms in total. The molecule has 1 fully saturated rings. The average Bonchev–Trinajstić information content (AvgIpc) is 2.78. The summed E-state index contributed by atoms with van der Waals surface area (Å²) in [5.74, 6) is -0.422. The lowest BCUT2D eigenvalue weighted by atomic mass is 10.1. The van der Waals surface area contributed by atoms with Crippen LogP contribution in [0.3, 0.4) is 0 Å². The first kappa shape index (κ1) is 16.9. The predicted octanol–water partition coefficient (Wildman–Crippen LogP) is 1.91. The molecule has 2 N–H and O–H groups in total. The van der Waals surface area contributed by atoms with Crippen molar-refractivity contribution in [1.29, 1.82) is 0 Å². The lowest BCUT2D eigenvalue weighted by Crippen LogP contribution is -2.41. The van der Waals surface area contributed by atoms with Crippen LogP contribution in [0.2, 0.25) is 0 Å². The highest BCUT2D eigenvalue weighted by atomic mass is 35.5. The van der Waals surface area contributed by atoms with Crippen LogP contribution in [0.4, 0.5) is 8.78 Å². The number of nitrogens with one attached hydrogen (secondary N) is 2. The van der Waals surface area contributed by atoms with Crippen LogP contribution >= 0.6 is 12.4 Å². The Balaban J connectivity index is 0.00000200. The molecule has 1 aromatic rings. The van der Waals surface area contributed by atoms with Crippen molar-refractivity contribution in [2.24, 2.45) is 0 Å². The number of amides is 1. The van der Waals surface area contributed by atoms with E-state index in [-0.39, 0.29) is 37.1 Å². The number of benzene rings is 1. The first-order chi connectivity index (χ1) is 9.06. The van der Waals surface area contributed by atoms with Gasteiger partial charge in [-0.15, -0.1) is 12.4 Å². The summed E-state index contributed by atoms with van der Waals surface area (Å²) in [5.41, 5.74) is 1.88. The minimum absolute atomic E-state index is 0. The Labute approximate surface area is 123 Å². The van der Waals surface area contributed by atoms with E-state index >= 15 is 0 Å². The largest absolute Gasteiger partial charge is 0.354 e. The van der Waals surface area contributed by atoms with Crippen LogP contribution in [0.15, 0.2) is 18.2 Å². The Morgan fingerprint density at radius 1 is 1.50 bits per heavy atom. The van der Waals surface area contributed by atoms with Crippen LogP contribution < -0.4 is 10.6 Å². The molecular formula is C14H19ClF2N2O. The van der Waals surface area contributed by atoms with Crippen molar-refractivity contribution in [2.45, 2.75) is 32.0 Å². The number of hydrogen-bond donors (Lipinski definition) is 2. The van der Waals surface area contributed by atoms with Gasteiger partial charge in [0.25, 0.3) is 0 Å². The number of carbonyl (C=O) groups is 1. The van der Waals surface area contributed by atoms with Gasteiger partial charge in [0.15, 0.2) is 0 Å². The normalized spacial score (nSPS) is 21.4. The molecule has 1 aliphatic rings. The molecule has 1 aliphatic heterocycles. The highest BCUT2D eigenvalue weighted by Crippen LogP contribution is 2.11. The van der Waals surface area contributed by atoms with Crippen LogP contribution in [-0.4, -0.2) is 31.2 Å². The second-order valence-corrected chi connectivity index (χ2v) is 4.91. The van der Waals surface area contributed by atoms with E-state index in [0.717, 1.165) is 11.1 Å². The van der Waals surface area contributed by atoms with E-state index in [1.807, 2.05) is 6.92 Å². The topological polar surface area (TPSA) is 41.1 Å². The highest BCUT2D eigenvalue weighted by Gasteiger charge is 2.28. The van der Waals surface area contributed by atoms with Gasteiger partial charge in [-0.05, 0) is 36.6 Å². The Hall–Kier alpha value is -1.20. The van der Waals surface area contributed by atoms with E-state index < -0.39 is 12.2 Å².